The Morgan fingerprint density at radius 3 is 2.59 bits per heavy atom. The quantitative estimate of drug-likeness (QED) is 0.789. The minimum Gasteiger partial charge on any atom is -0.368 e. The van der Waals surface area contributed by atoms with Crippen molar-refractivity contribution in [3.05, 3.63) is 0 Å². The average molecular weight is 309 g/mol. The van der Waals surface area contributed by atoms with Crippen molar-refractivity contribution in [3.8, 4) is 0 Å². The molecule has 0 aromatic rings. The first-order valence-corrected chi connectivity index (χ1v) is 8.44. The molecule has 0 aromatic heterocycles. The van der Waals surface area contributed by atoms with Crippen molar-refractivity contribution >= 4 is 11.8 Å². The summed E-state index contributed by atoms with van der Waals surface area (Å²) in [7, 11) is 1.68. The zero-order chi connectivity index (χ0) is 15.7. The predicted octanol–water partition coefficient (Wildman–Crippen LogP) is 0.224. The van der Waals surface area contributed by atoms with Crippen LogP contribution in [0.5, 0.6) is 0 Å². The minimum atomic E-state index is -0.247. The summed E-state index contributed by atoms with van der Waals surface area (Å²) in [6, 6.07) is -0.184. The zero-order valence-electron chi connectivity index (χ0n) is 13.6. The van der Waals surface area contributed by atoms with Gasteiger partial charge in [0.2, 0.25) is 11.8 Å². The van der Waals surface area contributed by atoms with E-state index < -0.39 is 0 Å². The van der Waals surface area contributed by atoms with Crippen LogP contribution in [0.15, 0.2) is 0 Å². The van der Waals surface area contributed by atoms with E-state index in [1.807, 2.05) is 11.8 Å². The molecule has 0 aromatic carbocycles. The van der Waals surface area contributed by atoms with E-state index in [0.29, 0.717) is 26.1 Å². The fourth-order valence-corrected chi connectivity index (χ4v) is 3.51. The Labute approximate surface area is 132 Å². The van der Waals surface area contributed by atoms with Crippen molar-refractivity contribution in [2.75, 3.05) is 39.8 Å². The topological polar surface area (TPSA) is 61.9 Å². The molecule has 124 valence electrons. The van der Waals surface area contributed by atoms with Crippen LogP contribution in [0.25, 0.3) is 0 Å². The number of nitrogens with zero attached hydrogens (tertiary/aromatic N) is 2. The van der Waals surface area contributed by atoms with Crippen LogP contribution in [-0.2, 0) is 14.3 Å². The lowest BCUT2D eigenvalue weighted by atomic mass is 9.89. The molecule has 1 spiro atoms. The third-order valence-electron chi connectivity index (χ3n) is 4.99. The Kier molecular flexibility index (Phi) is 4.41. The maximum atomic E-state index is 12.1. The number of nitrogens with one attached hydrogen (secondary N) is 1. The van der Waals surface area contributed by atoms with Gasteiger partial charge in [0.1, 0.15) is 11.6 Å². The molecule has 6 nitrogen and oxygen atoms in total. The lowest BCUT2D eigenvalue weighted by molar-refractivity contribution is -0.204. The molecule has 3 rings (SSSR count). The van der Waals surface area contributed by atoms with Crippen LogP contribution in [0.3, 0.4) is 0 Å². The second-order valence-corrected chi connectivity index (χ2v) is 7.00. The number of carbonyl (C=O) groups is 2. The molecule has 0 radical (unpaired) electrons. The molecule has 1 atom stereocenters. The standard InChI is InChI=1S/C16H27N3O3/c1-3-4-14(20)19-10-16(11-19)9-18(7-12-5-6-12)13(8-22-16)15(21)17-2/h12-13H,3-11H2,1-2H3,(H,17,21)/t13-/m0/s1. The van der Waals surface area contributed by atoms with Gasteiger partial charge in [-0.2, -0.15) is 0 Å². The van der Waals surface area contributed by atoms with Crippen molar-refractivity contribution in [1.29, 1.82) is 0 Å². The number of likely N-dealkylation sites (tertiary alicyclic amines) is 1. The summed E-state index contributed by atoms with van der Waals surface area (Å²) in [4.78, 5) is 28.2. The van der Waals surface area contributed by atoms with Crippen LogP contribution in [-0.4, -0.2) is 73.1 Å². The van der Waals surface area contributed by atoms with E-state index in [9.17, 15) is 9.59 Å². The molecule has 0 bridgehead atoms. The molecule has 2 saturated heterocycles. The molecule has 1 N–H and O–H groups in total. The largest absolute Gasteiger partial charge is 0.368 e. The van der Waals surface area contributed by atoms with E-state index in [1.165, 1.54) is 12.8 Å². The first-order chi connectivity index (χ1) is 10.6. The molecular weight excluding hydrogens is 282 g/mol. The van der Waals surface area contributed by atoms with E-state index in [4.69, 9.17) is 4.74 Å². The lowest BCUT2D eigenvalue weighted by Crippen LogP contribution is -2.73. The summed E-state index contributed by atoms with van der Waals surface area (Å²) in [5, 5.41) is 2.74. The Balaban J connectivity index is 1.60. The first-order valence-electron chi connectivity index (χ1n) is 8.44. The number of likely N-dealkylation sites (N-methyl/N-ethyl adjacent to an activating group) is 1. The first kappa shape index (κ1) is 15.7. The third kappa shape index (κ3) is 3.13. The van der Waals surface area contributed by atoms with Crippen molar-refractivity contribution in [2.24, 2.45) is 5.92 Å². The summed E-state index contributed by atoms with van der Waals surface area (Å²) >= 11 is 0. The van der Waals surface area contributed by atoms with Gasteiger partial charge in [-0.3, -0.25) is 14.5 Å². The van der Waals surface area contributed by atoms with Crippen LogP contribution in [0, 0.1) is 5.92 Å². The van der Waals surface area contributed by atoms with Gasteiger partial charge in [0.15, 0.2) is 0 Å². The highest BCUT2D eigenvalue weighted by Gasteiger charge is 2.52. The van der Waals surface area contributed by atoms with Crippen LogP contribution < -0.4 is 5.32 Å². The maximum Gasteiger partial charge on any atom is 0.239 e. The smallest absolute Gasteiger partial charge is 0.239 e. The monoisotopic (exact) mass is 309 g/mol. The van der Waals surface area contributed by atoms with E-state index >= 15 is 0 Å². The number of amides is 2. The maximum absolute atomic E-state index is 12.1. The number of rotatable bonds is 5. The molecule has 3 fully saturated rings. The van der Waals surface area contributed by atoms with Gasteiger partial charge in [-0.15, -0.1) is 0 Å². The van der Waals surface area contributed by atoms with Crippen LogP contribution in [0.4, 0.5) is 0 Å². The number of hydrogen-bond donors (Lipinski definition) is 1. The fraction of sp³-hybridized carbons (Fsp3) is 0.875. The molecule has 2 aliphatic heterocycles. The Hall–Kier alpha value is -1.14. The van der Waals surface area contributed by atoms with Gasteiger partial charge in [-0.1, -0.05) is 6.92 Å². The second kappa shape index (κ2) is 6.16. The number of carbonyl (C=O) groups excluding carboxylic acids is 2. The molecule has 1 saturated carbocycles. The SMILES string of the molecule is CCCC(=O)N1CC2(C1)CN(CC1CC1)[C@H](C(=O)NC)CO2. The molecular formula is C16H27N3O3. The lowest BCUT2D eigenvalue weighted by Gasteiger charge is -2.55. The summed E-state index contributed by atoms with van der Waals surface area (Å²) in [6.07, 6.45) is 4.04. The highest BCUT2D eigenvalue weighted by atomic mass is 16.5. The van der Waals surface area contributed by atoms with E-state index in [2.05, 4.69) is 10.2 Å². The molecule has 2 heterocycles. The van der Waals surface area contributed by atoms with Gasteiger partial charge in [0, 0.05) is 26.6 Å². The van der Waals surface area contributed by atoms with Gasteiger partial charge in [-0.05, 0) is 25.2 Å². The Morgan fingerprint density at radius 2 is 2.00 bits per heavy atom. The van der Waals surface area contributed by atoms with E-state index in [0.717, 1.165) is 25.4 Å². The van der Waals surface area contributed by atoms with Crippen LogP contribution >= 0.6 is 0 Å². The second-order valence-electron chi connectivity index (χ2n) is 7.00. The molecule has 22 heavy (non-hydrogen) atoms. The third-order valence-corrected chi connectivity index (χ3v) is 4.99. The van der Waals surface area contributed by atoms with Gasteiger partial charge < -0.3 is 15.0 Å². The Bertz CT molecular complexity index is 444. The zero-order valence-corrected chi connectivity index (χ0v) is 13.6. The Morgan fingerprint density at radius 1 is 1.27 bits per heavy atom. The summed E-state index contributed by atoms with van der Waals surface area (Å²) in [5.74, 6) is 0.993. The minimum absolute atomic E-state index is 0.0359. The van der Waals surface area contributed by atoms with Crippen molar-refractivity contribution in [2.45, 2.75) is 44.2 Å². The fourth-order valence-electron chi connectivity index (χ4n) is 3.51. The summed E-state index contributed by atoms with van der Waals surface area (Å²) in [6.45, 7) is 5.54. The molecule has 2 amide bonds. The summed E-state index contributed by atoms with van der Waals surface area (Å²) in [5.41, 5.74) is -0.247. The average Bonchev–Trinajstić information content (AvgIpc) is 3.28. The molecule has 6 heteroatoms. The van der Waals surface area contributed by atoms with Gasteiger partial charge in [0.25, 0.3) is 0 Å². The number of ether oxygens (including phenoxy) is 1. The number of hydrogen-bond acceptors (Lipinski definition) is 4. The molecule has 3 aliphatic rings. The highest BCUT2D eigenvalue weighted by molar-refractivity contribution is 5.82. The highest BCUT2D eigenvalue weighted by Crippen LogP contribution is 2.35. The van der Waals surface area contributed by atoms with Crippen molar-refractivity contribution in [3.63, 3.8) is 0 Å². The van der Waals surface area contributed by atoms with Gasteiger partial charge >= 0.3 is 0 Å². The van der Waals surface area contributed by atoms with E-state index in [1.54, 1.807) is 7.05 Å². The van der Waals surface area contributed by atoms with Gasteiger partial charge in [0.05, 0.1) is 19.7 Å². The van der Waals surface area contributed by atoms with Crippen LogP contribution in [0.1, 0.15) is 32.6 Å². The van der Waals surface area contributed by atoms with Crippen molar-refractivity contribution < 1.29 is 14.3 Å². The normalized spacial score (nSPS) is 27.5. The van der Waals surface area contributed by atoms with Gasteiger partial charge in [-0.25, -0.2) is 0 Å². The predicted molar refractivity (Wildman–Crippen MR) is 82.3 cm³/mol. The number of morpholine rings is 1. The van der Waals surface area contributed by atoms with Crippen LogP contribution in [0.2, 0.25) is 0 Å². The molecule has 1 aliphatic carbocycles. The van der Waals surface area contributed by atoms with E-state index in [-0.39, 0.29) is 23.5 Å². The molecule has 0 unspecified atom stereocenters. The summed E-state index contributed by atoms with van der Waals surface area (Å²) < 4.78 is 6.03. The van der Waals surface area contributed by atoms with Crippen molar-refractivity contribution in [1.82, 2.24) is 15.1 Å².